The van der Waals surface area contributed by atoms with Gasteiger partial charge >= 0.3 is 5.97 Å². The summed E-state index contributed by atoms with van der Waals surface area (Å²) in [6, 6.07) is 0. The van der Waals surface area contributed by atoms with E-state index >= 15 is 0 Å². The van der Waals surface area contributed by atoms with Crippen molar-refractivity contribution in [3.05, 3.63) is 0 Å². The number of alkyl halides is 2. The van der Waals surface area contributed by atoms with Crippen LogP contribution < -0.4 is 0 Å². The third kappa shape index (κ3) is 2.33. The quantitative estimate of drug-likeness (QED) is 0.750. The van der Waals surface area contributed by atoms with Gasteiger partial charge in [-0.3, -0.25) is 4.79 Å². The van der Waals surface area contributed by atoms with E-state index in [0.717, 1.165) is 12.2 Å². The van der Waals surface area contributed by atoms with Crippen LogP contribution in [0.1, 0.15) is 19.3 Å². The molecule has 0 aliphatic carbocycles. The molecule has 1 aliphatic rings. The lowest BCUT2D eigenvalue weighted by molar-refractivity contribution is -0.144. The largest absolute Gasteiger partial charge is 0.481 e. The molecule has 5 heteroatoms. The predicted octanol–water partition coefficient (Wildman–Crippen LogP) is 1.99. The zero-order valence-electron chi connectivity index (χ0n) is 6.43. The molecule has 0 aromatic carbocycles. The summed E-state index contributed by atoms with van der Waals surface area (Å²) >= 11 is 1.18. The van der Waals surface area contributed by atoms with Crippen molar-refractivity contribution in [1.82, 2.24) is 0 Å². The average molecular weight is 196 g/mol. The van der Waals surface area contributed by atoms with E-state index in [9.17, 15) is 13.6 Å². The lowest BCUT2D eigenvalue weighted by Crippen LogP contribution is -2.31. The standard InChI is InChI=1S/C7H10F2O2S/c8-7(9,4-6(10)11)5-2-1-3-12-5/h5H,1-4H2,(H,10,11). The second-order valence-electron chi connectivity index (χ2n) is 2.83. The first kappa shape index (κ1) is 9.77. The van der Waals surface area contributed by atoms with Gasteiger partial charge in [-0.1, -0.05) is 0 Å². The van der Waals surface area contributed by atoms with Crippen LogP contribution in [0.3, 0.4) is 0 Å². The third-order valence-corrected chi connectivity index (χ3v) is 3.29. The number of carbonyl (C=O) groups is 1. The monoisotopic (exact) mass is 196 g/mol. The number of hydrogen-bond acceptors (Lipinski definition) is 2. The van der Waals surface area contributed by atoms with Crippen LogP contribution in [-0.2, 0) is 4.79 Å². The van der Waals surface area contributed by atoms with Gasteiger partial charge in [-0.25, -0.2) is 8.78 Å². The van der Waals surface area contributed by atoms with Gasteiger partial charge in [0.25, 0.3) is 5.92 Å². The minimum Gasteiger partial charge on any atom is -0.481 e. The summed E-state index contributed by atoms with van der Waals surface area (Å²) in [5, 5.41) is 7.44. The zero-order chi connectivity index (χ0) is 9.19. The molecule has 0 saturated carbocycles. The molecule has 70 valence electrons. The van der Waals surface area contributed by atoms with Gasteiger partial charge in [0.05, 0.1) is 5.25 Å². The molecule has 1 fully saturated rings. The highest BCUT2D eigenvalue weighted by Gasteiger charge is 2.43. The van der Waals surface area contributed by atoms with Crippen molar-refractivity contribution in [3.8, 4) is 0 Å². The van der Waals surface area contributed by atoms with E-state index < -0.39 is 23.6 Å². The van der Waals surface area contributed by atoms with Crippen molar-refractivity contribution in [2.75, 3.05) is 5.75 Å². The van der Waals surface area contributed by atoms with E-state index in [0.29, 0.717) is 6.42 Å². The molecule has 0 radical (unpaired) electrons. The Labute approximate surface area is 73.3 Å². The Kier molecular flexibility index (Phi) is 2.93. The van der Waals surface area contributed by atoms with Crippen molar-refractivity contribution >= 4 is 17.7 Å². The number of halogens is 2. The minimum atomic E-state index is -3.03. The van der Waals surface area contributed by atoms with Gasteiger partial charge in [0.2, 0.25) is 0 Å². The highest BCUT2D eigenvalue weighted by Crippen LogP contribution is 2.39. The van der Waals surface area contributed by atoms with Crippen LogP contribution in [0, 0.1) is 0 Å². The van der Waals surface area contributed by atoms with Crippen LogP contribution >= 0.6 is 11.8 Å². The van der Waals surface area contributed by atoms with Crippen molar-refractivity contribution in [1.29, 1.82) is 0 Å². The van der Waals surface area contributed by atoms with Gasteiger partial charge in [-0.15, -0.1) is 0 Å². The van der Waals surface area contributed by atoms with Gasteiger partial charge in [-0.2, -0.15) is 11.8 Å². The summed E-state index contributed by atoms with van der Waals surface area (Å²) in [4.78, 5) is 10.1. The normalized spacial score (nSPS) is 24.3. The van der Waals surface area contributed by atoms with Crippen LogP contribution in [0.5, 0.6) is 0 Å². The van der Waals surface area contributed by atoms with Gasteiger partial charge in [0.15, 0.2) is 0 Å². The number of carboxylic acid groups (broad SMARTS) is 1. The Bertz CT molecular complexity index is 178. The third-order valence-electron chi connectivity index (χ3n) is 1.79. The van der Waals surface area contributed by atoms with E-state index in [1.807, 2.05) is 0 Å². The smallest absolute Gasteiger partial charge is 0.309 e. The second-order valence-corrected chi connectivity index (χ2v) is 4.14. The molecular formula is C7H10F2O2S. The number of carboxylic acids is 1. The number of rotatable bonds is 3. The summed E-state index contributed by atoms with van der Waals surface area (Å²) < 4.78 is 26.0. The van der Waals surface area contributed by atoms with Crippen LogP contribution in [0.25, 0.3) is 0 Å². The van der Waals surface area contributed by atoms with Gasteiger partial charge < -0.3 is 5.11 Å². The molecule has 2 nitrogen and oxygen atoms in total. The highest BCUT2D eigenvalue weighted by atomic mass is 32.2. The Morgan fingerprint density at radius 2 is 2.33 bits per heavy atom. The molecule has 1 N–H and O–H groups in total. The maximum Gasteiger partial charge on any atom is 0.309 e. The predicted molar refractivity (Wildman–Crippen MR) is 42.7 cm³/mol. The Morgan fingerprint density at radius 3 is 2.75 bits per heavy atom. The molecule has 1 unspecified atom stereocenters. The maximum absolute atomic E-state index is 13.0. The lowest BCUT2D eigenvalue weighted by Gasteiger charge is -2.19. The first-order valence-electron chi connectivity index (χ1n) is 3.73. The van der Waals surface area contributed by atoms with Crippen molar-refractivity contribution < 1.29 is 18.7 Å². The summed E-state index contributed by atoms with van der Waals surface area (Å²) in [5.74, 6) is -3.74. The Morgan fingerprint density at radius 1 is 1.67 bits per heavy atom. The maximum atomic E-state index is 13.0. The highest BCUT2D eigenvalue weighted by molar-refractivity contribution is 8.00. The Hall–Kier alpha value is -0.320. The van der Waals surface area contributed by atoms with Crippen molar-refractivity contribution in [2.24, 2.45) is 0 Å². The van der Waals surface area contributed by atoms with Crippen LogP contribution in [0.4, 0.5) is 8.78 Å². The molecule has 0 bridgehead atoms. The Balaban J connectivity index is 2.50. The number of thioether (sulfide) groups is 1. The topological polar surface area (TPSA) is 37.3 Å². The second kappa shape index (κ2) is 3.60. The van der Waals surface area contributed by atoms with E-state index in [2.05, 4.69) is 0 Å². The summed E-state index contributed by atoms with van der Waals surface area (Å²) in [5.41, 5.74) is 0. The van der Waals surface area contributed by atoms with Gasteiger partial charge in [0, 0.05) is 0 Å². The summed E-state index contributed by atoms with van der Waals surface area (Å²) in [7, 11) is 0. The van der Waals surface area contributed by atoms with Crippen LogP contribution in [0.2, 0.25) is 0 Å². The fourth-order valence-electron chi connectivity index (χ4n) is 1.23. The SMILES string of the molecule is O=C(O)CC(F)(F)C1CCCS1. The fourth-order valence-corrected chi connectivity index (χ4v) is 2.50. The average Bonchev–Trinajstić information content (AvgIpc) is 2.32. The molecule has 0 aromatic rings. The molecule has 1 aliphatic heterocycles. The molecule has 0 spiro atoms. The van der Waals surface area contributed by atoms with E-state index in [1.165, 1.54) is 11.8 Å². The molecule has 1 heterocycles. The van der Waals surface area contributed by atoms with Crippen LogP contribution in [-0.4, -0.2) is 28.0 Å². The van der Waals surface area contributed by atoms with E-state index in [4.69, 9.17) is 5.11 Å². The molecular weight excluding hydrogens is 186 g/mol. The fraction of sp³-hybridized carbons (Fsp3) is 0.857. The van der Waals surface area contributed by atoms with E-state index in [-0.39, 0.29) is 0 Å². The molecule has 1 atom stereocenters. The molecule has 12 heavy (non-hydrogen) atoms. The molecule has 0 amide bonds. The van der Waals surface area contributed by atoms with Crippen LogP contribution in [0.15, 0.2) is 0 Å². The summed E-state index contributed by atoms with van der Waals surface area (Å²) in [6.07, 6.45) is 0.167. The first-order valence-corrected chi connectivity index (χ1v) is 4.78. The van der Waals surface area contributed by atoms with Crippen molar-refractivity contribution in [2.45, 2.75) is 30.4 Å². The first-order chi connectivity index (χ1) is 5.52. The van der Waals surface area contributed by atoms with Gasteiger partial charge in [-0.05, 0) is 18.6 Å². The number of aliphatic carboxylic acids is 1. The minimum absolute atomic E-state index is 0.435. The lowest BCUT2D eigenvalue weighted by atomic mass is 10.1. The zero-order valence-corrected chi connectivity index (χ0v) is 7.24. The molecule has 0 aromatic heterocycles. The van der Waals surface area contributed by atoms with E-state index in [1.54, 1.807) is 0 Å². The molecule has 1 saturated heterocycles. The van der Waals surface area contributed by atoms with Gasteiger partial charge in [0.1, 0.15) is 6.42 Å². The molecule has 1 rings (SSSR count). The summed E-state index contributed by atoms with van der Waals surface area (Å²) in [6.45, 7) is 0. The number of hydrogen-bond donors (Lipinski definition) is 1. The van der Waals surface area contributed by atoms with Crippen molar-refractivity contribution in [3.63, 3.8) is 0 Å².